The van der Waals surface area contributed by atoms with E-state index in [0.29, 0.717) is 19.5 Å². The van der Waals surface area contributed by atoms with Crippen molar-refractivity contribution in [2.24, 2.45) is 0 Å². The number of nitrogens with one attached hydrogen (secondary N) is 1. The number of fused-ring (bicyclic) bond motifs is 1. The summed E-state index contributed by atoms with van der Waals surface area (Å²) in [7, 11) is -4.31. The minimum absolute atomic E-state index is 0.0334. The van der Waals surface area contributed by atoms with Gasteiger partial charge in [0.1, 0.15) is 17.2 Å². The monoisotopic (exact) mass is 625 g/mol. The quantitative estimate of drug-likeness (QED) is 0.296. The van der Waals surface area contributed by atoms with Gasteiger partial charge >= 0.3 is 11.8 Å². The van der Waals surface area contributed by atoms with Crippen molar-refractivity contribution >= 4 is 49.3 Å². The molecule has 1 unspecified atom stereocenters. The summed E-state index contributed by atoms with van der Waals surface area (Å²) < 4.78 is 55.6. The van der Waals surface area contributed by atoms with E-state index >= 15 is 4.39 Å². The first kappa shape index (κ1) is 30.0. The van der Waals surface area contributed by atoms with E-state index in [9.17, 15) is 18.0 Å². The molecule has 0 aliphatic carbocycles. The van der Waals surface area contributed by atoms with Gasteiger partial charge in [-0.25, -0.2) is 27.4 Å². The average molecular weight is 626 g/mol. The number of rotatable bonds is 6. The number of sulfonamides is 1. The third-order valence-corrected chi connectivity index (χ3v) is 9.00. The standard InChI is InChI=1S/C29H28FN5O6S2/c1-17(21-7-5-6-8-22(21)18-9-11-34(12-10-18)27(36)41-29(2,3)4)35-25-23(30)13-20(14-24(25)40-28(35)37)43(38,39)33-26-32-19(15-31)16-42-26/h5-9,13-14,16-17H,10-12H2,1-4H3,(H,32,33). The lowest BCUT2D eigenvalue weighted by molar-refractivity contribution is 0.0270. The summed E-state index contributed by atoms with van der Waals surface area (Å²) in [5.74, 6) is -1.82. The molecule has 1 aliphatic heterocycles. The number of carbonyl (C=O) groups excluding carboxylic acids is 1. The number of carbonyl (C=O) groups is 1. The zero-order valence-electron chi connectivity index (χ0n) is 23.8. The Balaban J connectivity index is 1.46. The molecule has 1 N–H and O–H groups in total. The number of nitrogens with zero attached hydrogens (tertiary/aromatic N) is 4. The van der Waals surface area contributed by atoms with Crippen molar-refractivity contribution in [3.05, 3.63) is 81.0 Å². The van der Waals surface area contributed by atoms with Crippen molar-refractivity contribution in [3.63, 3.8) is 0 Å². The second-order valence-electron chi connectivity index (χ2n) is 10.9. The van der Waals surface area contributed by atoms with E-state index in [4.69, 9.17) is 14.4 Å². The highest BCUT2D eigenvalue weighted by Gasteiger charge is 2.28. The highest BCUT2D eigenvalue weighted by molar-refractivity contribution is 7.93. The highest BCUT2D eigenvalue weighted by Crippen LogP contribution is 2.33. The zero-order valence-corrected chi connectivity index (χ0v) is 25.4. The van der Waals surface area contributed by atoms with Crippen LogP contribution in [0.2, 0.25) is 0 Å². The van der Waals surface area contributed by atoms with E-state index in [-0.39, 0.29) is 21.9 Å². The number of thiazole rings is 1. The number of aromatic nitrogens is 2. The molecule has 0 radical (unpaired) electrons. The lowest BCUT2D eigenvalue weighted by atomic mass is 9.92. The molecule has 11 nitrogen and oxygen atoms in total. The molecule has 5 rings (SSSR count). The Labute approximate surface area is 250 Å². The van der Waals surface area contributed by atoms with E-state index in [2.05, 4.69) is 9.71 Å². The molecule has 3 heterocycles. The van der Waals surface area contributed by atoms with Crippen LogP contribution in [0.1, 0.15) is 57.0 Å². The largest absolute Gasteiger partial charge is 0.444 e. The Morgan fingerprint density at radius 2 is 2.02 bits per heavy atom. The second kappa shape index (κ2) is 11.3. The van der Waals surface area contributed by atoms with Gasteiger partial charge in [0.2, 0.25) is 0 Å². The van der Waals surface area contributed by atoms with Crippen molar-refractivity contribution in [1.29, 1.82) is 5.26 Å². The van der Waals surface area contributed by atoms with E-state index in [1.54, 1.807) is 17.9 Å². The molecular weight excluding hydrogens is 597 g/mol. The molecule has 0 saturated carbocycles. The minimum atomic E-state index is -4.31. The molecule has 2 aromatic heterocycles. The Bertz CT molecular complexity index is 1960. The van der Waals surface area contributed by atoms with Crippen LogP contribution in [0, 0.1) is 17.1 Å². The summed E-state index contributed by atoms with van der Waals surface area (Å²) in [6.07, 6.45) is 2.08. The molecule has 0 fully saturated rings. The van der Waals surface area contributed by atoms with Crippen LogP contribution in [0.3, 0.4) is 0 Å². The van der Waals surface area contributed by atoms with Crippen molar-refractivity contribution in [3.8, 4) is 6.07 Å². The maximum absolute atomic E-state index is 15.6. The Morgan fingerprint density at radius 1 is 1.28 bits per heavy atom. The molecule has 43 heavy (non-hydrogen) atoms. The van der Waals surface area contributed by atoms with E-state index in [0.717, 1.165) is 44.7 Å². The van der Waals surface area contributed by atoms with Crippen LogP contribution >= 0.6 is 11.3 Å². The summed E-state index contributed by atoms with van der Waals surface area (Å²) in [6.45, 7) is 7.94. The van der Waals surface area contributed by atoms with Crippen LogP contribution in [-0.4, -0.2) is 47.7 Å². The van der Waals surface area contributed by atoms with Crippen LogP contribution in [-0.2, 0) is 14.8 Å². The third kappa shape index (κ3) is 6.18. The molecule has 0 saturated heterocycles. The smallest absolute Gasteiger partial charge is 0.420 e. The van der Waals surface area contributed by atoms with Gasteiger partial charge < -0.3 is 14.1 Å². The number of halogens is 1. The minimum Gasteiger partial charge on any atom is -0.444 e. The zero-order chi connectivity index (χ0) is 31.1. The molecule has 0 bridgehead atoms. The molecule has 1 aliphatic rings. The highest BCUT2D eigenvalue weighted by atomic mass is 32.2. The predicted octanol–water partition coefficient (Wildman–Crippen LogP) is 5.50. The lowest BCUT2D eigenvalue weighted by Gasteiger charge is -2.30. The molecule has 224 valence electrons. The molecule has 2 aromatic carbocycles. The number of hydrogen-bond acceptors (Lipinski definition) is 9. The summed E-state index contributed by atoms with van der Waals surface area (Å²) in [4.78, 5) is 30.6. The predicted molar refractivity (Wildman–Crippen MR) is 159 cm³/mol. The van der Waals surface area contributed by atoms with Gasteiger partial charge in [0, 0.05) is 24.5 Å². The van der Waals surface area contributed by atoms with E-state index in [1.165, 1.54) is 5.38 Å². The van der Waals surface area contributed by atoms with Gasteiger partial charge in [0.15, 0.2) is 22.2 Å². The van der Waals surface area contributed by atoms with Crippen LogP contribution in [0.5, 0.6) is 0 Å². The van der Waals surface area contributed by atoms with Gasteiger partial charge in [0.05, 0.1) is 10.9 Å². The number of nitriles is 1. The third-order valence-electron chi connectivity index (χ3n) is 6.79. The fourth-order valence-electron chi connectivity index (χ4n) is 4.85. The number of hydrogen-bond donors (Lipinski definition) is 1. The van der Waals surface area contributed by atoms with Gasteiger partial charge in [-0.3, -0.25) is 9.29 Å². The number of ether oxygens (including phenoxy) is 1. The summed E-state index contributed by atoms with van der Waals surface area (Å²) >= 11 is 0.903. The maximum atomic E-state index is 15.6. The van der Waals surface area contributed by atoms with Crippen molar-refractivity contribution < 1.29 is 26.8 Å². The topological polar surface area (TPSA) is 148 Å². The van der Waals surface area contributed by atoms with Crippen molar-refractivity contribution in [2.45, 2.75) is 50.7 Å². The average Bonchev–Trinajstić information content (AvgIpc) is 3.54. The van der Waals surface area contributed by atoms with Gasteiger partial charge in [0.25, 0.3) is 10.0 Å². The van der Waals surface area contributed by atoms with Crippen LogP contribution in [0.15, 0.2) is 62.0 Å². The SMILES string of the molecule is CC(c1ccccc1C1=CCN(C(=O)OC(C)(C)C)CC1)n1c(=O)oc2cc(S(=O)(=O)Nc3nc(C#N)cs3)cc(F)c21. The molecule has 1 amide bonds. The summed E-state index contributed by atoms with van der Waals surface area (Å²) in [5, 5.41) is 10.2. The number of amides is 1. The first-order chi connectivity index (χ1) is 20.3. The van der Waals surface area contributed by atoms with Crippen LogP contribution < -0.4 is 10.5 Å². The molecule has 14 heteroatoms. The first-order valence-corrected chi connectivity index (χ1v) is 15.6. The van der Waals surface area contributed by atoms with E-state index in [1.807, 2.05) is 51.1 Å². The first-order valence-electron chi connectivity index (χ1n) is 13.3. The molecule has 0 spiro atoms. The fraction of sp³-hybridized carbons (Fsp3) is 0.310. The summed E-state index contributed by atoms with van der Waals surface area (Å²) in [6, 6.07) is 10.4. The molecule has 4 aromatic rings. The van der Waals surface area contributed by atoms with Crippen LogP contribution in [0.4, 0.5) is 14.3 Å². The van der Waals surface area contributed by atoms with E-state index < -0.39 is 44.2 Å². The molecular formula is C29H28FN5O6S2. The number of benzene rings is 2. The Kier molecular flexibility index (Phi) is 7.89. The van der Waals surface area contributed by atoms with Gasteiger partial charge in [-0.05, 0) is 56.9 Å². The van der Waals surface area contributed by atoms with Crippen LogP contribution in [0.25, 0.3) is 16.7 Å². The maximum Gasteiger partial charge on any atom is 0.420 e. The Hall–Kier alpha value is -4.48. The second-order valence-corrected chi connectivity index (χ2v) is 13.5. The Morgan fingerprint density at radius 3 is 2.67 bits per heavy atom. The van der Waals surface area contributed by atoms with Gasteiger partial charge in [-0.1, -0.05) is 30.3 Å². The van der Waals surface area contributed by atoms with Crippen molar-refractivity contribution in [2.75, 3.05) is 17.8 Å². The molecule has 1 atom stereocenters. The number of oxazole rings is 1. The lowest BCUT2D eigenvalue weighted by Crippen LogP contribution is -2.39. The normalized spacial score (nSPS) is 14.7. The van der Waals surface area contributed by atoms with Gasteiger partial charge in [-0.2, -0.15) is 5.26 Å². The summed E-state index contributed by atoms with van der Waals surface area (Å²) in [5.41, 5.74) is 1.53. The van der Waals surface area contributed by atoms with Crippen molar-refractivity contribution in [1.82, 2.24) is 14.5 Å². The van der Waals surface area contributed by atoms with Gasteiger partial charge in [-0.15, -0.1) is 11.3 Å². The fourth-order valence-corrected chi connectivity index (χ4v) is 6.76. The number of anilines is 1.